The van der Waals surface area contributed by atoms with Gasteiger partial charge in [-0.05, 0) is 18.2 Å². The maximum atomic E-state index is 11.9. The number of nitrogens with zero attached hydrogens (tertiary/aromatic N) is 2. The molecule has 11 heteroatoms. The highest BCUT2D eigenvalue weighted by atomic mass is 31.2. The van der Waals surface area contributed by atoms with Crippen molar-refractivity contribution in [2.24, 2.45) is 0 Å². The molecule has 23 heavy (non-hydrogen) atoms. The Kier molecular flexibility index (Phi) is 4.58. The zero-order valence-electron chi connectivity index (χ0n) is 11.3. The van der Waals surface area contributed by atoms with Crippen molar-refractivity contribution >= 4 is 19.2 Å². The Morgan fingerprint density at radius 3 is 2.13 bits per heavy atom. The molecule has 0 saturated heterocycles. The second-order valence-electron chi connectivity index (χ2n) is 4.10. The van der Waals surface area contributed by atoms with Crippen molar-refractivity contribution in [1.82, 2.24) is 0 Å². The normalized spacial score (nSPS) is 12.9. The largest absolute Gasteiger partial charge is 0.585 e. The smallest absolute Gasteiger partial charge is 0.395 e. The molecule has 120 valence electrons. The molecule has 1 unspecified atom stereocenters. The number of benzene rings is 2. The average Bonchev–Trinajstić information content (AvgIpc) is 2.46. The summed E-state index contributed by atoms with van der Waals surface area (Å²) in [6.07, 6.45) is 0. The van der Waals surface area contributed by atoms with Gasteiger partial charge in [0.05, 0.1) is 9.85 Å². The molecule has 10 nitrogen and oxygen atoms in total. The first-order valence-corrected chi connectivity index (χ1v) is 7.48. The third kappa shape index (κ3) is 4.02. The van der Waals surface area contributed by atoms with Crippen LogP contribution in [0, 0.1) is 20.2 Å². The molecule has 0 fully saturated rings. The van der Waals surface area contributed by atoms with E-state index in [1.54, 1.807) is 6.07 Å². The number of hydrogen-bond acceptors (Lipinski definition) is 7. The van der Waals surface area contributed by atoms with Crippen molar-refractivity contribution < 1.29 is 28.4 Å². The standard InChI is InChI=1S/C12H9N2O8P/c15-13(16)10-7-4-8-11(12(10)14(17)18)22-23(19,20)21-9-5-2-1-3-6-9/h1-8H,(H,19,20). The molecular formula is C12H9N2O8P. The third-order valence-corrected chi connectivity index (χ3v) is 3.40. The van der Waals surface area contributed by atoms with E-state index in [-0.39, 0.29) is 5.75 Å². The zero-order valence-corrected chi connectivity index (χ0v) is 12.2. The summed E-state index contributed by atoms with van der Waals surface area (Å²) >= 11 is 0. The first kappa shape index (κ1) is 16.4. The topological polar surface area (TPSA) is 142 Å². The molecule has 0 aliphatic carbocycles. The average molecular weight is 340 g/mol. The molecule has 0 amide bonds. The van der Waals surface area contributed by atoms with Crippen molar-refractivity contribution in [1.29, 1.82) is 0 Å². The highest BCUT2D eigenvalue weighted by Gasteiger charge is 2.35. The quantitative estimate of drug-likeness (QED) is 0.480. The Morgan fingerprint density at radius 2 is 1.57 bits per heavy atom. The molecule has 2 aromatic carbocycles. The molecule has 1 atom stereocenters. The van der Waals surface area contributed by atoms with Gasteiger partial charge < -0.3 is 9.05 Å². The van der Waals surface area contributed by atoms with E-state index in [2.05, 4.69) is 4.52 Å². The summed E-state index contributed by atoms with van der Waals surface area (Å²) in [5.74, 6) is -0.752. The van der Waals surface area contributed by atoms with Gasteiger partial charge in [0.1, 0.15) is 5.75 Å². The van der Waals surface area contributed by atoms with Crippen molar-refractivity contribution in [3.8, 4) is 11.5 Å². The van der Waals surface area contributed by atoms with E-state index in [1.807, 2.05) is 0 Å². The molecule has 1 N–H and O–H groups in total. The van der Waals surface area contributed by atoms with E-state index in [9.17, 15) is 29.7 Å². The van der Waals surface area contributed by atoms with Crippen LogP contribution in [-0.2, 0) is 4.57 Å². The molecule has 0 aliphatic rings. The summed E-state index contributed by atoms with van der Waals surface area (Å²) in [5.41, 5.74) is -1.91. The lowest BCUT2D eigenvalue weighted by Crippen LogP contribution is -2.03. The van der Waals surface area contributed by atoms with Gasteiger partial charge in [-0.1, -0.05) is 24.3 Å². The van der Waals surface area contributed by atoms with Crippen molar-refractivity contribution in [3.05, 3.63) is 68.8 Å². The van der Waals surface area contributed by atoms with Crippen LogP contribution in [0.15, 0.2) is 48.5 Å². The number of rotatable bonds is 6. The molecule has 0 heterocycles. The van der Waals surface area contributed by atoms with E-state index >= 15 is 0 Å². The van der Waals surface area contributed by atoms with Crippen LogP contribution >= 0.6 is 7.82 Å². The lowest BCUT2D eigenvalue weighted by atomic mass is 10.2. The maximum Gasteiger partial charge on any atom is 0.585 e. The Morgan fingerprint density at radius 1 is 0.913 bits per heavy atom. The van der Waals surface area contributed by atoms with E-state index in [0.29, 0.717) is 0 Å². The fourth-order valence-electron chi connectivity index (χ4n) is 1.67. The first-order valence-electron chi connectivity index (χ1n) is 5.99. The lowest BCUT2D eigenvalue weighted by molar-refractivity contribution is -0.422. The number of nitro benzene ring substituents is 2. The van der Waals surface area contributed by atoms with E-state index in [4.69, 9.17) is 4.52 Å². The van der Waals surface area contributed by atoms with Crippen LogP contribution in [0.5, 0.6) is 11.5 Å². The lowest BCUT2D eigenvalue weighted by Gasteiger charge is -2.13. The summed E-state index contributed by atoms with van der Waals surface area (Å²) in [5, 5.41) is 21.8. The maximum absolute atomic E-state index is 11.9. The second kappa shape index (κ2) is 6.42. The number of phosphoric ester groups is 1. The predicted molar refractivity (Wildman–Crippen MR) is 77.3 cm³/mol. The van der Waals surface area contributed by atoms with Gasteiger partial charge in [0.25, 0.3) is 0 Å². The first-order chi connectivity index (χ1) is 10.8. The SMILES string of the molecule is O=[N+]([O-])c1cccc(OP(=O)(O)Oc2ccccc2)c1[N+](=O)[O-]. The van der Waals surface area contributed by atoms with E-state index in [0.717, 1.165) is 18.2 Å². The number of para-hydroxylation sites is 2. The fraction of sp³-hybridized carbons (Fsp3) is 0. The van der Waals surface area contributed by atoms with Gasteiger partial charge in [0, 0.05) is 6.07 Å². The molecule has 0 saturated carbocycles. The predicted octanol–water partition coefficient (Wildman–Crippen LogP) is 3.06. The van der Waals surface area contributed by atoms with Gasteiger partial charge in [-0.25, -0.2) is 4.57 Å². The zero-order chi connectivity index (χ0) is 17.0. The van der Waals surface area contributed by atoms with Crippen molar-refractivity contribution in [2.75, 3.05) is 0 Å². The summed E-state index contributed by atoms with van der Waals surface area (Å²) < 4.78 is 21.3. The Hall–Kier alpha value is -2.97. The summed E-state index contributed by atoms with van der Waals surface area (Å²) in [6, 6.07) is 10.4. The third-order valence-electron chi connectivity index (χ3n) is 2.53. The highest BCUT2D eigenvalue weighted by molar-refractivity contribution is 7.48. The van der Waals surface area contributed by atoms with Crippen LogP contribution in [-0.4, -0.2) is 14.7 Å². The van der Waals surface area contributed by atoms with E-state index in [1.165, 1.54) is 24.3 Å². The molecule has 0 radical (unpaired) electrons. The van der Waals surface area contributed by atoms with Crippen molar-refractivity contribution in [2.45, 2.75) is 0 Å². The molecule has 0 aliphatic heterocycles. The highest BCUT2D eigenvalue weighted by Crippen LogP contribution is 2.48. The van der Waals surface area contributed by atoms with Gasteiger partial charge in [-0.3, -0.25) is 25.1 Å². The minimum atomic E-state index is -4.78. The van der Waals surface area contributed by atoms with Gasteiger partial charge in [0.15, 0.2) is 0 Å². The summed E-state index contributed by atoms with van der Waals surface area (Å²) in [4.78, 5) is 29.4. The summed E-state index contributed by atoms with van der Waals surface area (Å²) in [6.45, 7) is 0. The van der Waals surface area contributed by atoms with Gasteiger partial charge >= 0.3 is 19.2 Å². The molecule has 2 aromatic rings. The Bertz CT molecular complexity index is 795. The minimum absolute atomic E-state index is 0.00795. The Balaban J connectivity index is 2.35. The number of hydrogen-bond donors (Lipinski definition) is 1. The monoisotopic (exact) mass is 340 g/mol. The Labute approximate surface area is 128 Å². The second-order valence-corrected chi connectivity index (χ2v) is 5.40. The van der Waals surface area contributed by atoms with E-state index < -0.39 is 34.8 Å². The number of nitro groups is 2. The van der Waals surface area contributed by atoms with Crippen LogP contribution in [0.1, 0.15) is 0 Å². The fourth-order valence-corrected chi connectivity index (χ4v) is 2.49. The molecule has 0 bridgehead atoms. The van der Waals surface area contributed by atoms with Crippen molar-refractivity contribution in [3.63, 3.8) is 0 Å². The molecule has 0 spiro atoms. The van der Waals surface area contributed by atoms with Gasteiger partial charge in [0.2, 0.25) is 5.75 Å². The molecule has 0 aromatic heterocycles. The van der Waals surface area contributed by atoms with Crippen LogP contribution < -0.4 is 9.05 Å². The summed E-state index contributed by atoms with van der Waals surface area (Å²) in [7, 11) is -4.78. The van der Waals surface area contributed by atoms with Crippen LogP contribution in [0.2, 0.25) is 0 Å². The van der Waals surface area contributed by atoms with Gasteiger partial charge in [-0.15, -0.1) is 0 Å². The van der Waals surface area contributed by atoms with Crippen LogP contribution in [0.25, 0.3) is 0 Å². The molecule has 2 rings (SSSR count). The van der Waals surface area contributed by atoms with Crippen LogP contribution in [0.3, 0.4) is 0 Å². The molecular weight excluding hydrogens is 331 g/mol. The van der Waals surface area contributed by atoms with Gasteiger partial charge in [-0.2, -0.15) is 0 Å². The number of phosphoric acid groups is 1. The minimum Gasteiger partial charge on any atom is -0.395 e. The van der Waals surface area contributed by atoms with Crippen LogP contribution in [0.4, 0.5) is 11.4 Å².